The van der Waals surface area contributed by atoms with Crippen molar-refractivity contribution in [1.82, 2.24) is 15.1 Å². The number of nitrogens with zero attached hydrogens (tertiary/aromatic N) is 4. The van der Waals surface area contributed by atoms with E-state index in [-0.39, 0.29) is 0 Å². The van der Waals surface area contributed by atoms with Crippen LogP contribution in [0.15, 0.2) is 34.3 Å². The molecule has 0 fully saturated rings. The van der Waals surface area contributed by atoms with Crippen LogP contribution in [-0.4, -0.2) is 15.1 Å². The predicted octanol–water partition coefficient (Wildman–Crippen LogP) is 3.29. The molecular weight excluding hydrogens is 272 g/mol. The molecule has 0 saturated heterocycles. The van der Waals surface area contributed by atoms with Crippen LogP contribution in [0.5, 0.6) is 0 Å². The number of nitriles is 1. The minimum Gasteiger partial charge on any atom is -0.333 e. The Bertz CT molecular complexity index is 784. The van der Waals surface area contributed by atoms with E-state index in [0.29, 0.717) is 22.2 Å². The molecule has 3 aromatic rings. The monoisotopic (exact) mass is 282 g/mol. The van der Waals surface area contributed by atoms with Crippen molar-refractivity contribution in [1.29, 1.82) is 5.26 Å². The molecule has 0 aromatic carbocycles. The van der Waals surface area contributed by atoms with Gasteiger partial charge in [-0.1, -0.05) is 18.1 Å². The summed E-state index contributed by atoms with van der Waals surface area (Å²) in [5, 5.41) is 14.8. The molecule has 0 aliphatic carbocycles. The Labute approximate surface area is 119 Å². The number of pyridine rings is 1. The van der Waals surface area contributed by atoms with E-state index in [1.54, 1.807) is 12.3 Å². The summed E-state index contributed by atoms with van der Waals surface area (Å²) in [7, 11) is 0. The first-order valence-electron chi connectivity index (χ1n) is 6.09. The molecule has 0 radical (unpaired) electrons. The van der Waals surface area contributed by atoms with E-state index in [1.807, 2.05) is 17.5 Å². The highest BCUT2D eigenvalue weighted by Crippen LogP contribution is 2.29. The molecule has 0 saturated carbocycles. The fourth-order valence-electron chi connectivity index (χ4n) is 1.90. The fourth-order valence-corrected chi connectivity index (χ4v) is 2.66. The third-order valence-corrected chi connectivity index (χ3v) is 3.79. The van der Waals surface area contributed by atoms with Crippen molar-refractivity contribution in [3.63, 3.8) is 0 Å². The molecule has 0 unspecified atom stereocenters. The third-order valence-electron chi connectivity index (χ3n) is 2.89. The molecule has 6 heteroatoms. The Morgan fingerprint density at radius 3 is 3.10 bits per heavy atom. The fraction of sp³-hybridized carbons (Fsp3) is 0.143. The molecule has 0 spiro atoms. The molecule has 3 rings (SSSR count). The Morgan fingerprint density at radius 2 is 2.30 bits per heavy atom. The lowest BCUT2D eigenvalue weighted by atomic mass is 10.1. The van der Waals surface area contributed by atoms with Crippen LogP contribution in [0.1, 0.15) is 18.1 Å². The van der Waals surface area contributed by atoms with Crippen LogP contribution in [0, 0.1) is 11.3 Å². The largest absolute Gasteiger partial charge is 0.333 e. The highest BCUT2D eigenvalue weighted by molar-refractivity contribution is 7.13. The summed E-state index contributed by atoms with van der Waals surface area (Å²) in [5.74, 6) is 0.814. The van der Waals surface area contributed by atoms with Gasteiger partial charge in [0.2, 0.25) is 5.82 Å². The summed E-state index contributed by atoms with van der Waals surface area (Å²) in [4.78, 5) is 9.36. The topological polar surface area (TPSA) is 75.6 Å². The normalized spacial score (nSPS) is 10.4. The zero-order chi connectivity index (χ0) is 13.9. The summed E-state index contributed by atoms with van der Waals surface area (Å²) in [5.41, 5.74) is 2.33. The summed E-state index contributed by atoms with van der Waals surface area (Å²) in [6.07, 6.45) is 2.55. The standard InChI is InChI=1S/C14H10N4OS/c1-2-9-4-3-6-16-11(9)13-17-14(19-18-13)12-10(8-15)5-7-20-12/h3-7H,2H2,1H3. The average molecular weight is 282 g/mol. The minimum atomic E-state index is 0.360. The smallest absolute Gasteiger partial charge is 0.269 e. The van der Waals surface area contributed by atoms with E-state index < -0.39 is 0 Å². The first kappa shape index (κ1) is 12.5. The first-order chi connectivity index (χ1) is 9.83. The molecule has 0 aliphatic heterocycles. The van der Waals surface area contributed by atoms with Crippen LogP contribution in [0.4, 0.5) is 0 Å². The maximum absolute atomic E-state index is 9.03. The highest BCUT2D eigenvalue weighted by atomic mass is 32.1. The lowest BCUT2D eigenvalue weighted by Crippen LogP contribution is -1.92. The summed E-state index contributed by atoms with van der Waals surface area (Å²) < 4.78 is 5.26. The summed E-state index contributed by atoms with van der Waals surface area (Å²) in [6, 6.07) is 7.73. The highest BCUT2D eigenvalue weighted by Gasteiger charge is 2.17. The number of aromatic nitrogens is 3. The van der Waals surface area contributed by atoms with Crippen LogP contribution >= 0.6 is 11.3 Å². The minimum absolute atomic E-state index is 0.360. The maximum atomic E-state index is 9.03. The molecule has 20 heavy (non-hydrogen) atoms. The quantitative estimate of drug-likeness (QED) is 0.736. The number of aryl methyl sites for hydroxylation is 1. The Hall–Kier alpha value is -2.52. The zero-order valence-electron chi connectivity index (χ0n) is 10.7. The van der Waals surface area contributed by atoms with Crippen molar-refractivity contribution in [2.75, 3.05) is 0 Å². The summed E-state index contributed by atoms with van der Waals surface area (Å²) >= 11 is 1.41. The Balaban J connectivity index is 2.05. The van der Waals surface area contributed by atoms with Gasteiger partial charge in [-0.25, -0.2) is 0 Å². The SMILES string of the molecule is CCc1cccnc1-c1noc(-c2sccc2C#N)n1. The molecule has 0 amide bonds. The van der Waals surface area contributed by atoms with Crippen molar-refractivity contribution in [3.05, 3.63) is 40.9 Å². The summed E-state index contributed by atoms with van der Waals surface area (Å²) in [6.45, 7) is 2.05. The van der Waals surface area contributed by atoms with E-state index in [0.717, 1.165) is 17.7 Å². The molecule has 0 bridgehead atoms. The Morgan fingerprint density at radius 1 is 1.40 bits per heavy atom. The number of hydrogen-bond acceptors (Lipinski definition) is 6. The van der Waals surface area contributed by atoms with Crippen LogP contribution < -0.4 is 0 Å². The second kappa shape index (κ2) is 5.23. The Kier molecular flexibility index (Phi) is 3.27. The predicted molar refractivity (Wildman–Crippen MR) is 74.9 cm³/mol. The number of hydrogen-bond donors (Lipinski definition) is 0. The van der Waals surface area contributed by atoms with Crippen molar-refractivity contribution in [2.45, 2.75) is 13.3 Å². The maximum Gasteiger partial charge on any atom is 0.269 e. The molecule has 5 nitrogen and oxygen atoms in total. The van der Waals surface area contributed by atoms with Gasteiger partial charge in [-0.2, -0.15) is 10.2 Å². The molecule has 0 atom stereocenters. The van der Waals surface area contributed by atoms with Crippen LogP contribution in [0.2, 0.25) is 0 Å². The van der Waals surface area contributed by atoms with Crippen LogP contribution in [0.25, 0.3) is 22.3 Å². The van der Waals surface area contributed by atoms with Crippen molar-refractivity contribution in [3.8, 4) is 28.4 Å². The molecule has 3 aromatic heterocycles. The number of rotatable bonds is 3. The zero-order valence-corrected chi connectivity index (χ0v) is 11.5. The van der Waals surface area contributed by atoms with E-state index in [4.69, 9.17) is 9.78 Å². The van der Waals surface area contributed by atoms with Crippen molar-refractivity contribution in [2.24, 2.45) is 0 Å². The van der Waals surface area contributed by atoms with Gasteiger partial charge in [-0.05, 0) is 29.5 Å². The van der Waals surface area contributed by atoms with Gasteiger partial charge in [-0.15, -0.1) is 11.3 Å². The van der Waals surface area contributed by atoms with Gasteiger partial charge in [0.1, 0.15) is 16.6 Å². The van der Waals surface area contributed by atoms with Crippen LogP contribution in [0.3, 0.4) is 0 Å². The molecular formula is C14H10N4OS. The third kappa shape index (κ3) is 2.08. The molecule has 98 valence electrons. The van der Waals surface area contributed by atoms with Crippen LogP contribution in [-0.2, 0) is 6.42 Å². The van der Waals surface area contributed by atoms with E-state index in [2.05, 4.69) is 28.1 Å². The van der Waals surface area contributed by atoms with E-state index >= 15 is 0 Å². The van der Waals surface area contributed by atoms with Gasteiger partial charge < -0.3 is 4.52 Å². The van der Waals surface area contributed by atoms with E-state index in [1.165, 1.54) is 11.3 Å². The number of thiophene rings is 1. The van der Waals surface area contributed by atoms with Gasteiger partial charge in [0.25, 0.3) is 5.89 Å². The lowest BCUT2D eigenvalue weighted by Gasteiger charge is -2.00. The van der Waals surface area contributed by atoms with Gasteiger partial charge in [-0.3, -0.25) is 4.98 Å². The van der Waals surface area contributed by atoms with Gasteiger partial charge in [0.05, 0.1) is 5.56 Å². The molecule has 3 heterocycles. The lowest BCUT2D eigenvalue weighted by molar-refractivity contribution is 0.433. The second-order valence-electron chi connectivity index (χ2n) is 4.06. The van der Waals surface area contributed by atoms with E-state index in [9.17, 15) is 0 Å². The first-order valence-corrected chi connectivity index (χ1v) is 6.97. The average Bonchev–Trinajstić information content (AvgIpc) is 3.15. The van der Waals surface area contributed by atoms with Crippen molar-refractivity contribution < 1.29 is 4.52 Å². The molecule has 0 N–H and O–H groups in total. The van der Waals surface area contributed by atoms with Gasteiger partial charge in [0, 0.05) is 6.20 Å². The van der Waals surface area contributed by atoms with Gasteiger partial charge >= 0.3 is 0 Å². The molecule has 0 aliphatic rings. The van der Waals surface area contributed by atoms with Gasteiger partial charge in [0.15, 0.2) is 0 Å². The van der Waals surface area contributed by atoms with Crippen molar-refractivity contribution >= 4 is 11.3 Å². The second-order valence-corrected chi connectivity index (χ2v) is 4.98.